The molecule has 0 amide bonds. The molecule has 0 saturated heterocycles. The van der Waals surface area contributed by atoms with E-state index in [1.165, 1.54) is 10.2 Å². The molecule has 0 aliphatic heterocycles. The first-order valence-corrected chi connectivity index (χ1v) is 4.34. The van der Waals surface area contributed by atoms with Crippen molar-refractivity contribution >= 4 is 5.95 Å². The summed E-state index contributed by atoms with van der Waals surface area (Å²) >= 11 is 0. The van der Waals surface area contributed by atoms with Crippen molar-refractivity contribution in [3.63, 3.8) is 0 Å². The summed E-state index contributed by atoms with van der Waals surface area (Å²) in [5, 5.41) is 0. The predicted molar refractivity (Wildman–Crippen MR) is 57.0 cm³/mol. The number of rotatable bonds is 1. The van der Waals surface area contributed by atoms with Crippen molar-refractivity contribution in [1.82, 2.24) is 9.66 Å². The number of hydrogen-bond donors (Lipinski definition) is 2. The molecular weight excluding hydrogens is 176 g/mol. The third-order valence-electron chi connectivity index (χ3n) is 2.11. The highest BCUT2D eigenvalue weighted by Gasteiger charge is 2.03. The van der Waals surface area contributed by atoms with Crippen LogP contribution < -0.4 is 11.6 Å². The first-order chi connectivity index (χ1) is 6.66. The van der Waals surface area contributed by atoms with Crippen molar-refractivity contribution in [1.29, 1.82) is 0 Å². The molecule has 0 atom stereocenters. The topological polar surface area (TPSA) is 69.9 Å². The minimum Gasteiger partial charge on any atom is -0.368 e. The molecule has 4 heteroatoms. The van der Waals surface area contributed by atoms with Gasteiger partial charge in [0.1, 0.15) is 0 Å². The van der Waals surface area contributed by atoms with E-state index in [0.29, 0.717) is 5.95 Å². The number of anilines is 1. The van der Waals surface area contributed by atoms with Gasteiger partial charge in [-0.05, 0) is 6.92 Å². The number of imidazole rings is 1. The maximum Gasteiger partial charge on any atom is 0.219 e. The van der Waals surface area contributed by atoms with E-state index in [1.54, 1.807) is 6.20 Å². The molecule has 1 aromatic heterocycles. The molecule has 0 radical (unpaired) electrons. The van der Waals surface area contributed by atoms with Gasteiger partial charge >= 0.3 is 0 Å². The summed E-state index contributed by atoms with van der Waals surface area (Å²) in [6.45, 7) is 2.04. The minimum absolute atomic E-state index is 0.320. The van der Waals surface area contributed by atoms with Crippen molar-refractivity contribution < 1.29 is 0 Å². The Balaban J connectivity index is 2.44. The van der Waals surface area contributed by atoms with Gasteiger partial charge in [0.15, 0.2) is 0 Å². The Labute approximate surface area is 82.1 Å². The highest BCUT2D eigenvalue weighted by atomic mass is 15.3. The summed E-state index contributed by atoms with van der Waals surface area (Å²) < 4.78 is 1.31. The third kappa shape index (κ3) is 1.42. The van der Waals surface area contributed by atoms with Gasteiger partial charge in [-0.3, -0.25) is 0 Å². The Morgan fingerprint density at radius 1 is 1.21 bits per heavy atom. The van der Waals surface area contributed by atoms with Crippen molar-refractivity contribution in [3.05, 3.63) is 36.0 Å². The predicted octanol–water partition coefficient (Wildman–Crippen LogP) is 1.15. The molecule has 0 bridgehead atoms. The summed E-state index contributed by atoms with van der Waals surface area (Å²) in [5.41, 5.74) is 8.57. The van der Waals surface area contributed by atoms with Crippen LogP contribution in [0.3, 0.4) is 0 Å². The number of benzene rings is 1. The lowest BCUT2D eigenvalue weighted by molar-refractivity contribution is 1.02. The third-order valence-corrected chi connectivity index (χ3v) is 2.11. The van der Waals surface area contributed by atoms with E-state index in [9.17, 15) is 0 Å². The van der Waals surface area contributed by atoms with Gasteiger partial charge in [-0.15, -0.1) is 0 Å². The average Bonchev–Trinajstić information content (AvgIpc) is 2.48. The summed E-state index contributed by atoms with van der Waals surface area (Å²) in [7, 11) is 0. The van der Waals surface area contributed by atoms with Crippen molar-refractivity contribution in [2.24, 2.45) is 0 Å². The molecule has 72 valence electrons. The highest BCUT2D eigenvalue weighted by Crippen LogP contribution is 2.18. The summed E-state index contributed by atoms with van der Waals surface area (Å²) in [6, 6.07) is 8.05. The first-order valence-electron chi connectivity index (χ1n) is 4.34. The fraction of sp³-hybridized carbons (Fsp3) is 0.100. The molecule has 0 fully saturated rings. The van der Waals surface area contributed by atoms with Gasteiger partial charge in [-0.25, -0.2) is 9.66 Å². The van der Waals surface area contributed by atoms with Crippen molar-refractivity contribution in [2.75, 3.05) is 11.6 Å². The van der Waals surface area contributed by atoms with Crippen LogP contribution in [-0.2, 0) is 0 Å². The van der Waals surface area contributed by atoms with Crippen LogP contribution in [0.4, 0.5) is 5.95 Å². The second-order valence-electron chi connectivity index (χ2n) is 3.26. The van der Waals surface area contributed by atoms with E-state index in [2.05, 4.69) is 4.98 Å². The monoisotopic (exact) mass is 188 g/mol. The zero-order valence-corrected chi connectivity index (χ0v) is 7.94. The van der Waals surface area contributed by atoms with Gasteiger partial charge in [0, 0.05) is 5.56 Å². The molecule has 1 aromatic carbocycles. The molecule has 1 heterocycles. The first kappa shape index (κ1) is 8.62. The molecule has 14 heavy (non-hydrogen) atoms. The van der Waals surface area contributed by atoms with E-state index in [-0.39, 0.29) is 0 Å². The molecule has 2 rings (SSSR count). The number of nitrogens with zero attached hydrogens (tertiary/aromatic N) is 2. The van der Waals surface area contributed by atoms with Gasteiger partial charge < -0.3 is 11.6 Å². The van der Waals surface area contributed by atoms with Crippen LogP contribution in [-0.4, -0.2) is 9.66 Å². The van der Waals surface area contributed by atoms with Crippen molar-refractivity contribution in [2.45, 2.75) is 6.92 Å². The summed E-state index contributed by atoms with van der Waals surface area (Å²) in [6.07, 6.45) is 1.71. The maximum atomic E-state index is 5.54. The van der Waals surface area contributed by atoms with Crippen LogP contribution in [0.1, 0.15) is 5.56 Å². The van der Waals surface area contributed by atoms with Crippen LogP contribution in [0.5, 0.6) is 0 Å². The van der Waals surface area contributed by atoms with Crippen LogP contribution in [0.15, 0.2) is 30.5 Å². The zero-order valence-electron chi connectivity index (χ0n) is 7.94. The smallest absolute Gasteiger partial charge is 0.219 e. The second-order valence-corrected chi connectivity index (χ2v) is 3.26. The molecule has 4 nitrogen and oxygen atoms in total. The Bertz CT molecular complexity index is 422. The SMILES string of the molecule is Cc1ccc(-c2cn(N)c(N)n2)cc1. The molecule has 0 unspecified atom stereocenters. The molecule has 0 aliphatic rings. The molecular formula is C10H12N4. The molecule has 0 saturated carbocycles. The quantitative estimate of drug-likeness (QED) is 0.659. The lowest BCUT2D eigenvalue weighted by Crippen LogP contribution is -2.09. The van der Waals surface area contributed by atoms with Crippen molar-refractivity contribution in [3.8, 4) is 11.3 Å². The van der Waals surface area contributed by atoms with Crippen LogP contribution >= 0.6 is 0 Å². The number of nitrogen functional groups attached to an aromatic ring is 2. The van der Waals surface area contributed by atoms with Gasteiger partial charge in [0.2, 0.25) is 5.95 Å². The lowest BCUT2D eigenvalue weighted by atomic mass is 10.1. The fourth-order valence-corrected chi connectivity index (χ4v) is 1.27. The normalized spacial score (nSPS) is 10.4. The van der Waals surface area contributed by atoms with E-state index < -0.39 is 0 Å². The number of hydrogen-bond acceptors (Lipinski definition) is 3. The van der Waals surface area contributed by atoms with E-state index in [4.69, 9.17) is 11.6 Å². The van der Waals surface area contributed by atoms with Crippen LogP contribution in [0.2, 0.25) is 0 Å². The largest absolute Gasteiger partial charge is 0.368 e. The lowest BCUT2D eigenvalue weighted by Gasteiger charge is -1.96. The minimum atomic E-state index is 0.320. The van der Waals surface area contributed by atoms with E-state index >= 15 is 0 Å². The average molecular weight is 188 g/mol. The maximum absolute atomic E-state index is 5.54. The van der Waals surface area contributed by atoms with E-state index in [0.717, 1.165) is 11.3 Å². The standard InChI is InChI=1S/C10H12N4/c1-7-2-4-8(5-3-7)9-6-14(12)10(11)13-9/h2-6H,12H2,1H3,(H2,11,13). The Kier molecular flexibility index (Phi) is 1.89. The summed E-state index contributed by atoms with van der Waals surface area (Å²) in [4.78, 5) is 4.13. The van der Waals surface area contributed by atoms with Gasteiger partial charge in [0.25, 0.3) is 0 Å². The van der Waals surface area contributed by atoms with Gasteiger partial charge in [0.05, 0.1) is 11.9 Å². The number of aryl methyl sites for hydroxylation is 1. The number of aromatic nitrogens is 2. The Morgan fingerprint density at radius 2 is 1.86 bits per heavy atom. The molecule has 0 aliphatic carbocycles. The van der Waals surface area contributed by atoms with E-state index in [1.807, 2.05) is 31.2 Å². The highest BCUT2D eigenvalue weighted by molar-refractivity contribution is 5.60. The molecule has 2 aromatic rings. The summed E-state index contributed by atoms with van der Waals surface area (Å²) in [5.74, 6) is 5.86. The Hall–Kier alpha value is -1.97. The fourth-order valence-electron chi connectivity index (χ4n) is 1.27. The zero-order chi connectivity index (χ0) is 10.1. The molecule has 0 spiro atoms. The van der Waals surface area contributed by atoms with Gasteiger partial charge in [-0.1, -0.05) is 29.8 Å². The number of nitrogens with two attached hydrogens (primary N) is 2. The Morgan fingerprint density at radius 3 is 2.36 bits per heavy atom. The van der Waals surface area contributed by atoms with Crippen LogP contribution in [0.25, 0.3) is 11.3 Å². The molecule has 4 N–H and O–H groups in total. The second kappa shape index (κ2) is 3.06. The van der Waals surface area contributed by atoms with Gasteiger partial charge in [-0.2, -0.15) is 0 Å². The van der Waals surface area contributed by atoms with Crippen LogP contribution in [0, 0.1) is 6.92 Å².